The minimum Gasteiger partial charge on any atom is -0.460 e. The lowest BCUT2D eigenvalue weighted by molar-refractivity contribution is 0.0735. The molecular weight excluding hydrogens is 388 g/mol. The molecule has 0 amide bonds. The van der Waals surface area contributed by atoms with Crippen molar-refractivity contribution in [3.63, 3.8) is 0 Å². The van der Waals surface area contributed by atoms with Crippen LogP contribution in [0.5, 0.6) is 5.75 Å². The van der Waals surface area contributed by atoms with Gasteiger partial charge in [0.2, 0.25) is 5.43 Å². The van der Waals surface area contributed by atoms with Crippen molar-refractivity contribution in [2.45, 2.75) is 13.8 Å². The van der Waals surface area contributed by atoms with Crippen molar-refractivity contribution in [3.8, 4) is 16.9 Å². The van der Waals surface area contributed by atoms with Gasteiger partial charge in [0.05, 0.1) is 16.5 Å². The number of ether oxygens (including phenoxy) is 1. The molecule has 0 aliphatic rings. The first kappa shape index (κ1) is 19.0. The molecule has 0 unspecified atom stereocenters. The lowest BCUT2D eigenvalue weighted by Gasteiger charge is -2.09. The molecule has 0 N–H and O–H groups in total. The zero-order chi connectivity index (χ0) is 20.5. The van der Waals surface area contributed by atoms with E-state index in [1.807, 2.05) is 13.0 Å². The summed E-state index contributed by atoms with van der Waals surface area (Å²) < 4.78 is 11.3. The van der Waals surface area contributed by atoms with Gasteiger partial charge in [0.25, 0.3) is 0 Å². The second kappa shape index (κ2) is 7.57. The van der Waals surface area contributed by atoms with Crippen LogP contribution in [0, 0.1) is 13.8 Å². The number of benzene rings is 3. The Labute approximate surface area is 172 Å². The van der Waals surface area contributed by atoms with Crippen LogP contribution in [0.1, 0.15) is 21.7 Å². The van der Waals surface area contributed by atoms with Crippen molar-refractivity contribution in [3.05, 3.63) is 98.9 Å². The van der Waals surface area contributed by atoms with Crippen LogP contribution in [0.15, 0.2) is 75.9 Å². The van der Waals surface area contributed by atoms with Crippen molar-refractivity contribution in [1.82, 2.24) is 0 Å². The predicted molar refractivity (Wildman–Crippen MR) is 114 cm³/mol. The topological polar surface area (TPSA) is 56.5 Å². The zero-order valence-corrected chi connectivity index (χ0v) is 16.6. The molecule has 4 rings (SSSR count). The molecule has 0 atom stereocenters. The van der Waals surface area contributed by atoms with Crippen LogP contribution >= 0.6 is 11.6 Å². The van der Waals surface area contributed by atoms with Gasteiger partial charge in [0, 0.05) is 11.1 Å². The smallest absolute Gasteiger partial charge is 0.343 e. The third-order valence-corrected chi connectivity index (χ3v) is 4.89. The van der Waals surface area contributed by atoms with Gasteiger partial charge in [-0.15, -0.1) is 0 Å². The molecule has 1 aromatic heterocycles. The van der Waals surface area contributed by atoms with Gasteiger partial charge in [-0.25, -0.2) is 4.79 Å². The van der Waals surface area contributed by atoms with Gasteiger partial charge in [-0.2, -0.15) is 0 Å². The molecule has 0 saturated heterocycles. The highest BCUT2D eigenvalue weighted by atomic mass is 35.5. The van der Waals surface area contributed by atoms with Crippen molar-refractivity contribution in [1.29, 1.82) is 0 Å². The standard InChI is InChI=1S/C24H17ClO4/c1-14-4-3-5-17(12-14)24(27)29-19-10-11-20-21(13-19)28-15(2)22(23(20)26)16-6-8-18(25)9-7-16/h3-13H,1-2H3. The molecule has 4 aromatic rings. The highest BCUT2D eigenvalue weighted by Crippen LogP contribution is 2.27. The Morgan fingerprint density at radius 2 is 1.72 bits per heavy atom. The van der Waals surface area contributed by atoms with Gasteiger partial charge in [-0.1, -0.05) is 41.4 Å². The van der Waals surface area contributed by atoms with E-state index < -0.39 is 5.97 Å². The normalized spacial score (nSPS) is 10.9. The number of rotatable bonds is 3. The summed E-state index contributed by atoms with van der Waals surface area (Å²) >= 11 is 5.94. The Morgan fingerprint density at radius 3 is 2.45 bits per heavy atom. The first-order valence-electron chi connectivity index (χ1n) is 9.04. The molecule has 144 valence electrons. The lowest BCUT2D eigenvalue weighted by atomic mass is 10.0. The highest BCUT2D eigenvalue weighted by molar-refractivity contribution is 6.30. The fourth-order valence-electron chi connectivity index (χ4n) is 3.24. The van der Waals surface area contributed by atoms with E-state index in [1.54, 1.807) is 67.6 Å². The third kappa shape index (κ3) is 3.80. The lowest BCUT2D eigenvalue weighted by Crippen LogP contribution is -2.10. The Kier molecular flexibility index (Phi) is 4.95. The number of hydrogen-bond acceptors (Lipinski definition) is 4. The molecule has 3 aromatic carbocycles. The van der Waals surface area contributed by atoms with Crippen molar-refractivity contribution >= 4 is 28.5 Å². The molecule has 4 nitrogen and oxygen atoms in total. The summed E-state index contributed by atoms with van der Waals surface area (Å²) in [6.45, 7) is 3.64. The second-order valence-electron chi connectivity index (χ2n) is 6.79. The molecule has 0 saturated carbocycles. The van der Waals surface area contributed by atoms with Gasteiger partial charge < -0.3 is 9.15 Å². The van der Waals surface area contributed by atoms with Crippen molar-refractivity contribution in [2.75, 3.05) is 0 Å². The molecule has 1 heterocycles. The van der Waals surface area contributed by atoms with Gasteiger partial charge in [0.1, 0.15) is 17.1 Å². The van der Waals surface area contributed by atoms with E-state index in [0.717, 1.165) is 11.1 Å². The van der Waals surface area contributed by atoms with E-state index in [-0.39, 0.29) is 5.43 Å². The van der Waals surface area contributed by atoms with E-state index in [1.165, 1.54) is 0 Å². The van der Waals surface area contributed by atoms with E-state index in [2.05, 4.69) is 0 Å². The van der Waals surface area contributed by atoms with Crippen LogP contribution in [0.2, 0.25) is 5.02 Å². The highest BCUT2D eigenvalue weighted by Gasteiger charge is 2.15. The summed E-state index contributed by atoms with van der Waals surface area (Å²) in [5, 5.41) is 1.01. The number of carbonyl (C=O) groups excluding carboxylic acids is 1. The maximum Gasteiger partial charge on any atom is 0.343 e. The van der Waals surface area contributed by atoms with Crippen LogP contribution in [0.3, 0.4) is 0 Å². The molecular formula is C24H17ClO4. The predicted octanol–water partition coefficient (Wildman–Crippen LogP) is 5.95. The summed E-state index contributed by atoms with van der Waals surface area (Å²) in [5.41, 5.74) is 2.86. The van der Waals surface area contributed by atoms with Gasteiger partial charge in [-0.05, 0) is 55.8 Å². The molecule has 0 radical (unpaired) electrons. The molecule has 5 heteroatoms. The summed E-state index contributed by atoms with van der Waals surface area (Å²) in [4.78, 5) is 25.4. The number of carbonyl (C=O) groups is 1. The maximum absolute atomic E-state index is 13.0. The SMILES string of the molecule is Cc1cccc(C(=O)Oc2ccc3c(=O)c(-c4ccc(Cl)cc4)c(C)oc3c2)c1. The van der Waals surface area contributed by atoms with Crippen molar-refractivity contribution < 1.29 is 13.9 Å². The number of aryl methyl sites for hydroxylation is 2. The monoisotopic (exact) mass is 404 g/mol. The molecule has 0 aliphatic heterocycles. The van der Waals surface area contributed by atoms with E-state index in [9.17, 15) is 9.59 Å². The number of esters is 1. The molecule has 0 fully saturated rings. The fraction of sp³-hybridized carbons (Fsp3) is 0.0833. The number of fused-ring (bicyclic) bond motifs is 1. The average Bonchev–Trinajstić information content (AvgIpc) is 2.69. The largest absolute Gasteiger partial charge is 0.460 e. The van der Waals surface area contributed by atoms with Crippen LogP contribution in [-0.2, 0) is 0 Å². The molecule has 0 bridgehead atoms. The molecule has 29 heavy (non-hydrogen) atoms. The van der Waals surface area contributed by atoms with Crippen molar-refractivity contribution in [2.24, 2.45) is 0 Å². The molecule has 0 spiro atoms. The maximum atomic E-state index is 13.0. The van der Waals surface area contributed by atoms with Crippen LogP contribution in [0.25, 0.3) is 22.1 Å². The Hall–Kier alpha value is -3.37. The summed E-state index contributed by atoms with van der Waals surface area (Å²) in [5.74, 6) is 0.322. The summed E-state index contributed by atoms with van der Waals surface area (Å²) in [6, 6.07) is 18.9. The fourth-order valence-corrected chi connectivity index (χ4v) is 3.36. The van der Waals surface area contributed by atoms with Gasteiger partial charge in [0.15, 0.2) is 0 Å². The van der Waals surface area contributed by atoms with Crippen LogP contribution < -0.4 is 10.2 Å². The van der Waals surface area contributed by atoms with Gasteiger partial charge >= 0.3 is 5.97 Å². The second-order valence-corrected chi connectivity index (χ2v) is 7.22. The van der Waals surface area contributed by atoms with Crippen LogP contribution in [0.4, 0.5) is 0 Å². The summed E-state index contributed by atoms with van der Waals surface area (Å²) in [6.07, 6.45) is 0. The number of hydrogen-bond donors (Lipinski definition) is 0. The Morgan fingerprint density at radius 1 is 0.966 bits per heavy atom. The van der Waals surface area contributed by atoms with E-state index in [4.69, 9.17) is 20.8 Å². The minimum absolute atomic E-state index is 0.150. The zero-order valence-electron chi connectivity index (χ0n) is 15.9. The Balaban J connectivity index is 1.72. The average molecular weight is 405 g/mol. The summed E-state index contributed by atoms with van der Waals surface area (Å²) in [7, 11) is 0. The first-order chi connectivity index (χ1) is 13.9. The molecule has 0 aliphatic carbocycles. The third-order valence-electron chi connectivity index (χ3n) is 4.64. The first-order valence-corrected chi connectivity index (χ1v) is 9.42. The van der Waals surface area contributed by atoms with E-state index >= 15 is 0 Å². The quantitative estimate of drug-likeness (QED) is 0.313. The minimum atomic E-state index is -0.468. The van der Waals surface area contributed by atoms with Crippen LogP contribution in [-0.4, -0.2) is 5.97 Å². The van der Waals surface area contributed by atoms with Gasteiger partial charge in [-0.3, -0.25) is 4.79 Å². The Bertz CT molecular complexity index is 1290. The number of halogens is 1. The van der Waals surface area contributed by atoms with E-state index in [0.29, 0.717) is 38.6 Å².